The zero-order valence-corrected chi connectivity index (χ0v) is 11.1. The number of halogens is 1. The predicted octanol–water partition coefficient (Wildman–Crippen LogP) is 3.52. The van der Waals surface area contributed by atoms with Crippen LogP contribution in [-0.2, 0) is 13.1 Å². The normalized spacial score (nSPS) is 10.2. The number of nitrogens with one attached hydrogen (secondary N) is 1. The van der Waals surface area contributed by atoms with Gasteiger partial charge >= 0.3 is 0 Å². The fourth-order valence-corrected chi connectivity index (χ4v) is 1.90. The highest BCUT2D eigenvalue weighted by Gasteiger charge is 1.96. The molecule has 0 fully saturated rings. The molecule has 0 aromatic heterocycles. The van der Waals surface area contributed by atoms with Gasteiger partial charge in [-0.05, 0) is 35.4 Å². The predicted molar refractivity (Wildman–Crippen MR) is 75.8 cm³/mol. The first kappa shape index (κ1) is 12.1. The van der Waals surface area contributed by atoms with Gasteiger partial charge in [-0.25, -0.2) is 0 Å². The minimum Gasteiger partial charge on any atom is -0.381 e. The topological polar surface area (TPSA) is 38.0 Å². The third-order valence-electron chi connectivity index (χ3n) is 2.57. The van der Waals surface area contributed by atoms with Crippen molar-refractivity contribution in [1.82, 2.24) is 0 Å². The smallest absolute Gasteiger partial charge is 0.0400 e. The lowest BCUT2D eigenvalue weighted by atomic mass is 10.1. The summed E-state index contributed by atoms with van der Waals surface area (Å²) in [7, 11) is 0. The summed E-state index contributed by atoms with van der Waals surface area (Å²) in [6.45, 7) is 1.40. The molecule has 0 saturated carbocycles. The van der Waals surface area contributed by atoms with E-state index >= 15 is 0 Å². The average molecular weight is 291 g/mol. The highest BCUT2D eigenvalue weighted by Crippen LogP contribution is 2.15. The summed E-state index contributed by atoms with van der Waals surface area (Å²) in [6.07, 6.45) is 0. The molecular weight excluding hydrogens is 276 g/mol. The average Bonchev–Trinajstić information content (AvgIpc) is 2.38. The summed E-state index contributed by atoms with van der Waals surface area (Å²) in [4.78, 5) is 0. The van der Waals surface area contributed by atoms with E-state index in [-0.39, 0.29) is 0 Å². The minimum atomic E-state index is 0.589. The fourth-order valence-electron chi connectivity index (χ4n) is 1.64. The van der Waals surface area contributed by atoms with Crippen LogP contribution in [0.15, 0.2) is 53.0 Å². The monoisotopic (exact) mass is 290 g/mol. The van der Waals surface area contributed by atoms with E-state index in [1.54, 1.807) is 0 Å². The Labute approximate surface area is 110 Å². The molecule has 0 amide bonds. The van der Waals surface area contributed by atoms with Crippen LogP contribution in [0.25, 0.3) is 0 Å². The molecule has 2 aromatic rings. The number of anilines is 1. The van der Waals surface area contributed by atoms with Crippen molar-refractivity contribution in [3.63, 3.8) is 0 Å². The Morgan fingerprint density at radius 2 is 1.71 bits per heavy atom. The third-order valence-corrected chi connectivity index (χ3v) is 3.10. The molecule has 0 bridgehead atoms. The number of benzene rings is 2. The second kappa shape index (κ2) is 5.84. The van der Waals surface area contributed by atoms with Crippen LogP contribution in [0.5, 0.6) is 0 Å². The fraction of sp³-hybridized carbons (Fsp3) is 0.143. The summed E-state index contributed by atoms with van der Waals surface area (Å²) in [6, 6.07) is 16.5. The van der Waals surface area contributed by atoms with Crippen LogP contribution in [0.2, 0.25) is 0 Å². The van der Waals surface area contributed by atoms with Crippen LogP contribution in [-0.4, -0.2) is 0 Å². The van der Waals surface area contributed by atoms with Crippen LogP contribution in [0.4, 0.5) is 5.69 Å². The van der Waals surface area contributed by atoms with Gasteiger partial charge in [0.25, 0.3) is 0 Å². The summed E-state index contributed by atoms with van der Waals surface area (Å²) < 4.78 is 1.09. The molecule has 0 aliphatic rings. The Morgan fingerprint density at radius 3 is 2.41 bits per heavy atom. The first-order chi connectivity index (χ1) is 8.28. The van der Waals surface area contributed by atoms with Crippen LogP contribution < -0.4 is 11.1 Å². The van der Waals surface area contributed by atoms with E-state index in [0.29, 0.717) is 6.54 Å². The number of hydrogen-bond donors (Lipinski definition) is 2. The van der Waals surface area contributed by atoms with Gasteiger partial charge in [0.1, 0.15) is 0 Å². The molecule has 2 aromatic carbocycles. The van der Waals surface area contributed by atoms with E-state index in [4.69, 9.17) is 5.73 Å². The van der Waals surface area contributed by atoms with Crippen molar-refractivity contribution in [2.24, 2.45) is 5.73 Å². The van der Waals surface area contributed by atoms with Gasteiger partial charge in [0.05, 0.1) is 0 Å². The van der Waals surface area contributed by atoms with E-state index in [0.717, 1.165) is 16.7 Å². The molecule has 17 heavy (non-hydrogen) atoms. The maximum Gasteiger partial charge on any atom is 0.0400 e. The van der Waals surface area contributed by atoms with Crippen LogP contribution in [0, 0.1) is 0 Å². The Balaban J connectivity index is 1.99. The first-order valence-electron chi connectivity index (χ1n) is 5.55. The van der Waals surface area contributed by atoms with E-state index in [2.05, 4.69) is 45.5 Å². The van der Waals surface area contributed by atoms with E-state index in [9.17, 15) is 0 Å². The molecular formula is C14H15BrN2. The molecule has 0 radical (unpaired) electrons. The quantitative estimate of drug-likeness (QED) is 0.904. The zero-order chi connectivity index (χ0) is 12.1. The molecule has 0 aliphatic heterocycles. The van der Waals surface area contributed by atoms with Crippen molar-refractivity contribution in [2.45, 2.75) is 13.1 Å². The largest absolute Gasteiger partial charge is 0.381 e. The van der Waals surface area contributed by atoms with Crippen molar-refractivity contribution in [3.8, 4) is 0 Å². The molecule has 2 nitrogen and oxygen atoms in total. The van der Waals surface area contributed by atoms with Crippen molar-refractivity contribution < 1.29 is 0 Å². The van der Waals surface area contributed by atoms with Gasteiger partial charge in [0, 0.05) is 23.2 Å². The van der Waals surface area contributed by atoms with Gasteiger partial charge in [-0.15, -0.1) is 0 Å². The summed E-state index contributed by atoms with van der Waals surface area (Å²) in [5.74, 6) is 0. The highest BCUT2D eigenvalue weighted by atomic mass is 79.9. The van der Waals surface area contributed by atoms with Gasteiger partial charge in [-0.3, -0.25) is 0 Å². The maximum absolute atomic E-state index is 5.62. The van der Waals surface area contributed by atoms with Crippen LogP contribution >= 0.6 is 15.9 Å². The number of hydrogen-bond acceptors (Lipinski definition) is 2. The Hall–Kier alpha value is -1.32. The number of rotatable bonds is 4. The molecule has 0 aliphatic carbocycles. The lowest BCUT2D eigenvalue weighted by molar-refractivity contribution is 1.05. The first-order valence-corrected chi connectivity index (χ1v) is 6.34. The van der Waals surface area contributed by atoms with Crippen molar-refractivity contribution in [2.75, 3.05) is 5.32 Å². The number of nitrogens with two attached hydrogens (primary N) is 1. The zero-order valence-electron chi connectivity index (χ0n) is 9.49. The van der Waals surface area contributed by atoms with E-state index in [1.165, 1.54) is 11.1 Å². The van der Waals surface area contributed by atoms with Gasteiger partial charge < -0.3 is 11.1 Å². The summed E-state index contributed by atoms with van der Waals surface area (Å²) >= 11 is 3.42. The second-order valence-electron chi connectivity index (χ2n) is 3.88. The molecule has 3 N–H and O–H groups in total. The van der Waals surface area contributed by atoms with Crippen molar-refractivity contribution in [1.29, 1.82) is 0 Å². The van der Waals surface area contributed by atoms with Crippen LogP contribution in [0.3, 0.4) is 0 Å². The SMILES string of the molecule is NCc1cccc(CNc2ccc(Br)cc2)c1. The van der Waals surface area contributed by atoms with Crippen molar-refractivity contribution >= 4 is 21.6 Å². The van der Waals surface area contributed by atoms with E-state index in [1.807, 2.05) is 24.3 Å². The molecule has 88 valence electrons. The van der Waals surface area contributed by atoms with Crippen LogP contribution in [0.1, 0.15) is 11.1 Å². The molecule has 2 rings (SSSR count). The lowest BCUT2D eigenvalue weighted by Crippen LogP contribution is -2.01. The molecule has 0 spiro atoms. The standard InChI is InChI=1S/C14H15BrN2/c15-13-4-6-14(7-5-13)17-10-12-3-1-2-11(8-12)9-16/h1-8,17H,9-10,16H2. The van der Waals surface area contributed by atoms with Gasteiger partial charge in [0.15, 0.2) is 0 Å². The summed E-state index contributed by atoms with van der Waals surface area (Å²) in [5, 5.41) is 3.38. The van der Waals surface area contributed by atoms with E-state index < -0.39 is 0 Å². The second-order valence-corrected chi connectivity index (χ2v) is 4.80. The summed E-state index contributed by atoms with van der Waals surface area (Å²) in [5.41, 5.74) is 9.15. The maximum atomic E-state index is 5.62. The Bertz CT molecular complexity index is 480. The Kier molecular flexibility index (Phi) is 4.18. The molecule has 0 unspecified atom stereocenters. The third kappa shape index (κ3) is 3.58. The minimum absolute atomic E-state index is 0.589. The molecule has 3 heteroatoms. The van der Waals surface area contributed by atoms with Gasteiger partial charge in [0.2, 0.25) is 0 Å². The highest BCUT2D eigenvalue weighted by molar-refractivity contribution is 9.10. The Morgan fingerprint density at radius 1 is 1.00 bits per heavy atom. The van der Waals surface area contributed by atoms with Gasteiger partial charge in [-0.2, -0.15) is 0 Å². The molecule has 0 heterocycles. The van der Waals surface area contributed by atoms with Crippen molar-refractivity contribution in [3.05, 3.63) is 64.1 Å². The lowest BCUT2D eigenvalue weighted by Gasteiger charge is -2.07. The van der Waals surface area contributed by atoms with Gasteiger partial charge in [-0.1, -0.05) is 40.2 Å². The molecule has 0 atom stereocenters. The molecule has 0 saturated heterocycles.